The second-order valence-electron chi connectivity index (χ2n) is 5.87. The first-order valence-corrected chi connectivity index (χ1v) is 7.89. The molecule has 0 atom stereocenters. The fourth-order valence-corrected chi connectivity index (χ4v) is 2.51. The summed E-state index contributed by atoms with van der Waals surface area (Å²) in [5.74, 6) is 1.06. The Morgan fingerprint density at radius 1 is 1.38 bits per heavy atom. The fraction of sp³-hybridized carbons (Fsp3) is 0.278. The predicted octanol–water partition coefficient (Wildman–Crippen LogP) is 3.12. The molecular weight excluding hydrogens is 304 g/mol. The molecule has 1 aromatic carbocycles. The largest absolute Gasteiger partial charge is 0.419 e. The zero-order chi connectivity index (χ0) is 17.1. The number of carbonyl (C=O) groups excluding carboxylic acids is 1. The number of amides is 1. The normalized spacial score (nSPS) is 11.1. The van der Waals surface area contributed by atoms with Crippen molar-refractivity contribution in [3.8, 4) is 11.6 Å². The van der Waals surface area contributed by atoms with Crippen LogP contribution in [0.2, 0.25) is 0 Å². The van der Waals surface area contributed by atoms with Gasteiger partial charge in [-0.1, -0.05) is 38.1 Å². The Labute approximate surface area is 140 Å². The molecule has 0 unspecified atom stereocenters. The van der Waals surface area contributed by atoms with Crippen LogP contribution in [0.5, 0.6) is 0 Å². The van der Waals surface area contributed by atoms with Crippen molar-refractivity contribution in [2.45, 2.75) is 26.3 Å². The van der Waals surface area contributed by atoms with Crippen molar-refractivity contribution in [2.24, 2.45) is 0 Å². The minimum atomic E-state index is -0.0962. The molecule has 2 aromatic heterocycles. The van der Waals surface area contributed by atoms with Gasteiger partial charge in [0.15, 0.2) is 0 Å². The highest BCUT2D eigenvalue weighted by Crippen LogP contribution is 2.28. The minimum absolute atomic E-state index is 0.0962. The van der Waals surface area contributed by atoms with Gasteiger partial charge in [0.25, 0.3) is 5.89 Å². The maximum Gasteiger partial charge on any atom is 0.264 e. The van der Waals surface area contributed by atoms with E-state index >= 15 is 0 Å². The van der Waals surface area contributed by atoms with Crippen LogP contribution in [0.25, 0.3) is 22.5 Å². The van der Waals surface area contributed by atoms with E-state index in [1.54, 1.807) is 6.08 Å². The Morgan fingerprint density at radius 3 is 2.88 bits per heavy atom. The highest BCUT2D eigenvalue weighted by Gasteiger charge is 2.18. The third kappa shape index (κ3) is 3.08. The molecule has 3 aromatic rings. The van der Waals surface area contributed by atoms with E-state index in [0.717, 1.165) is 16.6 Å². The van der Waals surface area contributed by atoms with Crippen molar-refractivity contribution in [1.82, 2.24) is 20.1 Å². The third-order valence-electron chi connectivity index (χ3n) is 3.71. The maximum atomic E-state index is 12.2. The molecule has 124 valence electrons. The van der Waals surface area contributed by atoms with Gasteiger partial charge in [0.05, 0.1) is 0 Å². The fourth-order valence-electron chi connectivity index (χ4n) is 2.51. The number of aromatic nitrogens is 3. The Bertz CT molecular complexity index is 876. The van der Waals surface area contributed by atoms with E-state index in [1.807, 2.05) is 48.7 Å². The summed E-state index contributed by atoms with van der Waals surface area (Å²) in [5, 5.41) is 12.1. The molecule has 0 radical (unpaired) electrons. The van der Waals surface area contributed by atoms with Gasteiger partial charge in [-0.3, -0.25) is 4.79 Å². The zero-order valence-electron chi connectivity index (χ0n) is 13.8. The molecule has 2 heterocycles. The lowest BCUT2D eigenvalue weighted by Gasteiger charge is -2.08. The number of rotatable bonds is 6. The molecule has 0 saturated heterocycles. The average Bonchev–Trinajstić information content (AvgIpc) is 3.18. The molecule has 0 fully saturated rings. The zero-order valence-corrected chi connectivity index (χ0v) is 13.8. The second-order valence-corrected chi connectivity index (χ2v) is 5.87. The van der Waals surface area contributed by atoms with E-state index in [0.29, 0.717) is 18.3 Å². The van der Waals surface area contributed by atoms with Crippen LogP contribution in [0, 0.1) is 0 Å². The smallest absolute Gasteiger partial charge is 0.264 e. The molecule has 0 aliphatic heterocycles. The molecule has 0 spiro atoms. The molecule has 6 nitrogen and oxygen atoms in total. The maximum absolute atomic E-state index is 12.2. The van der Waals surface area contributed by atoms with Crippen LogP contribution in [-0.4, -0.2) is 27.2 Å². The number of nitrogens with one attached hydrogen (secondary N) is 1. The summed E-state index contributed by atoms with van der Waals surface area (Å²) in [5.41, 5.74) is 1.69. The van der Waals surface area contributed by atoms with Gasteiger partial charge in [0, 0.05) is 23.4 Å². The Morgan fingerprint density at radius 2 is 2.17 bits per heavy atom. The van der Waals surface area contributed by atoms with E-state index in [4.69, 9.17) is 4.42 Å². The molecule has 24 heavy (non-hydrogen) atoms. The van der Waals surface area contributed by atoms with Gasteiger partial charge in [-0.25, -0.2) is 0 Å². The summed E-state index contributed by atoms with van der Waals surface area (Å²) in [4.78, 5) is 12.2. The quantitative estimate of drug-likeness (QED) is 0.707. The van der Waals surface area contributed by atoms with Crippen molar-refractivity contribution in [2.75, 3.05) is 6.54 Å². The van der Waals surface area contributed by atoms with Gasteiger partial charge in [-0.2, -0.15) is 0 Å². The van der Waals surface area contributed by atoms with Crippen molar-refractivity contribution in [3.05, 3.63) is 48.9 Å². The number of para-hydroxylation sites is 1. The first-order valence-electron chi connectivity index (χ1n) is 7.89. The van der Waals surface area contributed by atoms with Crippen LogP contribution in [0.1, 0.15) is 25.7 Å². The average molecular weight is 324 g/mol. The summed E-state index contributed by atoms with van der Waals surface area (Å²) >= 11 is 0. The number of hydrogen-bond donors (Lipinski definition) is 1. The number of hydrogen-bond acceptors (Lipinski definition) is 4. The van der Waals surface area contributed by atoms with Gasteiger partial charge in [-0.05, 0) is 12.1 Å². The third-order valence-corrected chi connectivity index (χ3v) is 3.71. The van der Waals surface area contributed by atoms with Gasteiger partial charge in [-0.15, -0.1) is 16.8 Å². The first kappa shape index (κ1) is 16.0. The topological polar surface area (TPSA) is 73.0 Å². The van der Waals surface area contributed by atoms with Gasteiger partial charge < -0.3 is 14.3 Å². The monoisotopic (exact) mass is 324 g/mol. The van der Waals surface area contributed by atoms with E-state index in [1.165, 1.54) is 0 Å². The molecule has 0 saturated carbocycles. The van der Waals surface area contributed by atoms with Crippen LogP contribution < -0.4 is 5.32 Å². The van der Waals surface area contributed by atoms with Crippen molar-refractivity contribution in [3.63, 3.8) is 0 Å². The lowest BCUT2D eigenvalue weighted by Crippen LogP contribution is -2.27. The Kier molecular flexibility index (Phi) is 4.46. The second kappa shape index (κ2) is 6.70. The van der Waals surface area contributed by atoms with Gasteiger partial charge in [0.2, 0.25) is 11.8 Å². The SMILES string of the molecule is C=CCNC(=O)Cn1c(-c2nnc(C(C)C)o2)cc2ccccc21. The number of carbonyl (C=O) groups is 1. The molecule has 6 heteroatoms. The summed E-state index contributed by atoms with van der Waals surface area (Å²) in [6, 6.07) is 9.84. The minimum Gasteiger partial charge on any atom is -0.419 e. The Hall–Kier alpha value is -2.89. The first-order chi connectivity index (χ1) is 11.6. The molecule has 3 rings (SSSR count). The molecule has 1 N–H and O–H groups in total. The summed E-state index contributed by atoms with van der Waals surface area (Å²) < 4.78 is 7.67. The van der Waals surface area contributed by atoms with Crippen molar-refractivity contribution < 1.29 is 9.21 Å². The molecule has 0 bridgehead atoms. The van der Waals surface area contributed by atoms with Gasteiger partial charge in [0.1, 0.15) is 12.2 Å². The van der Waals surface area contributed by atoms with E-state index < -0.39 is 0 Å². The Balaban J connectivity index is 2.04. The highest BCUT2D eigenvalue weighted by atomic mass is 16.4. The summed E-state index contributed by atoms with van der Waals surface area (Å²) in [6.45, 7) is 8.21. The predicted molar refractivity (Wildman–Crippen MR) is 92.5 cm³/mol. The number of fused-ring (bicyclic) bond motifs is 1. The lowest BCUT2D eigenvalue weighted by molar-refractivity contribution is -0.121. The van der Waals surface area contributed by atoms with Crippen LogP contribution >= 0.6 is 0 Å². The van der Waals surface area contributed by atoms with Crippen LogP contribution in [0.15, 0.2) is 47.4 Å². The number of benzene rings is 1. The van der Waals surface area contributed by atoms with E-state index in [2.05, 4.69) is 22.1 Å². The molecule has 0 aliphatic rings. The van der Waals surface area contributed by atoms with Crippen LogP contribution in [0.4, 0.5) is 0 Å². The molecule has 1 amide bonds. The van der Waals surface area contributed by atoms with E-state index in [-0.39, 0.29) is 18.4 Å². The molecule has 0 aliphatic carbocycles. The van der Waals surface area contributed by atoms with Crippen LogP contribution in [0.3, 0.4) is 0 Å². The van der Waals surface area contributed by atoms with Crippen molar-refractivity contribution in [1.29, 1.82) is 0 Å². The number of nitrogens with zero attached hydrogens (tertiary/aromatic N) is 3. The standard InChI is InChI=1S/C18H20N4O2/c1-4-9-19-16(23)11-22-14-8-6-5-7-13(14)10-15(22)18-21-20-17(24-18)12(2)3/h4-8,10,12H,1,9,11H2,2-3H3,(H,19,23). The summed E-state index contributed by atoms with van der Waals surface area (Å²) in [7, 11) is 0. The van der Waals surface area contributed by atoms with Gasteiger partial charge >= 0.3 is 0 Å². The van der Waals surface area contributed by atoms with Crippen molar-refractivity contribution >= 4 is 16.8 Å². The van der Waals surface area contributed by atoms with Crippen LogP contribution in [-0.2, 0) is 11.3 Å². The highest BCUT2D eigenvalue weighted by molar-refractivity contribution is 5.88. The summed E-state index contributed by atoms with van der Waals surface area (Å²) in [6.07, 6.45) is 1.65. The lowest BCUT2D eigenvalue weighted by atomic mass is 10.2. The molecular formula is C18H20N4O2. The van der Waals surface area contributed by atoms with E-state index in [9.17, 15) is 4.79 Å².